The van der Waals surface area contributed by atoms with Crippen molar-refractivity contribution in [3.63, 3.8) is 0 Å². The molecular formula is C20H30N2O2. The molecule has 1 aromatic carbocycles. The van der Waals surface area contributed by atoms with Crippen molar-refractivity contribution in [1.82, 2.24) is 9.80 Å². The number of nitrogens with zero attached hydrogens (tertiary/aromatic N) is 2. The summed E-state index contributed by atoms with van der Waals surface area (Å²) < 4.78 is 5.22. The fraction of sp³-hybridized carbons (Fsp3) is 0.650. The second-order valence-corrected chi connectivity index (χ2v) is 7.20. The van der Waals surface area contributed by atoms with Gasteiger partial charge in [-0.1, -0.05) is 12.1 Å². The largest absolute Gasteiger partial charge is 0.497 e. The van der Waals surface area contributed by atoms with Crippen LogP contribution in [0.4, 0.5) is 4.79 Å². The minimum Gasteiger partial charge on any atom is -0.497 e. The number of aryl methyl sites for hydroxylation is 1. The van der Waals surface area contributed by atoms with E-state index in [4.69, 9.17) is 4.74 Å². The summed E-state index contributed by atoms with van der Waals surface area (Å²) >= 11 is 0. The first-order chi connectivity index (χ1) is 11.7. The summed E-state index contributed by atoms with van der Waals surface area (Å²) in [6.45, 7) is 4.08. The first-order valence-corrected chi connectivity index (χ1v) is 9.39. The first kappa shape index (κ1) is 17.1. The quantitative estimate of drug-likeness (QED) is 0.833. The van der Waals surface area contributed by atoms with Crippen molar-refractivity contribution < 1.29 is 9.53 Å². The number of hydrogen-bond donors (Lipinski definition) is 0. The van der Waals surface area contributed by atoms with Gasteiger partial charge in [-0.3, -0.25) is 0 Å². The maximum atomic E-state index is 13.0. The molecule has 24 heavy (non-hydrogen) atoms. The number of urea groups is 1. The fourth-order valence-electron chi connectivity index (χ4n) is 4.07. The van der Waals surface area contributed by atoms with Crippen LogP contribution in [0.15, 0.2) is 24.3 Å². The Morgan fingerprint density at radius 2 is 1.83 bits per heavy atom. The van der Waals surface area contributed by atoms with Gasteiger partial charge in [-0.05, 0) is 69.6 Å². The first-order valence-electron chi connectivity index (χ1n) is 9.39. The van der Waals surface area contributed by atoms with E-state index in [2.05, 4.69) is 28.9 Å². The van der Waals surface area contributed by atoms with Crippen molar-refractivity contribution in [3.05, 3.63) is 29.8 Å². The summed E-state index contributed by atoms with van der Waals surface area (Å²) in [6.07, 6.45) is 7.92. The summed E-state index contributed by atoms with van der Waals surface area (Å²) in [6, 6.07) is 9.34. The van der Waals surface area contributed by atoms with Crippen molar-refractivity contribution in [2.45, 2.75) is 64.0 Å². The van der Waals surface area contributed by atoms with Crippen LogP contribution in [0.3, 0.4) is 0 Å². The van der Waals surface area contributed by atoms with E-state index in [9.17, 15) is 4.79 Å². The van der Waals surface area contributed by atoms with E-state index in [0.29, 0.717) is 12.1 Å². The number of carbonyl (C=O) groups is 1. The van der Waals surface area contributed by atoms with Gasteiger partial charge in [0, 0.05) is 25.2 Å². The lowest BCUT2D eigenvalue weighted by molar-refractivity contribution is 0.124. The van der Waals surface area contributed by atoms with Gasteiger partial charge < -0.3 is 14.5 Å². The Bertz CT molecular complexity index is 537. The minimum absolute atomic E-state index is 0.277. The molecule has 0 aliphatic carbocycles. The number of amides is 2. The van der Waals surface area contributed by atoms with Crippen LogP contribution in [0.2, 0.25) is 0 Å². The Kier molecular flexibility index (Phi) is 5.64. The molecular weight excluding hydrogens is 300 g/mol. The van der Waals surface area contributed by atoms with Gasteiger partial charge in [0.25, 0.3) is 0 Å². The molecule has 2 fully saturated rings. The molecule has 3 rings (SSSR count). The lowest BCUT2D eigenvalue weighted by Gasteiger charge is -2.36. The summed E-state index contributed by atoms with van der Waals surface area (Å²) in [5, 5.41) is 0. The highest BCUT2D eigenvalue weighted by molar-refractivity contribution is 5.75. The summed E-state index contributed by atoms with van der Waals surface area (Å²) in [5.74, 6) is 0.898. The van der Waals surface area contributed by atoms with E-state index in [1.165, 1.54) is 12.0 Å². The van der Waals surface area contributed by atoms with Crippen molar-refractivity contribution in [3.8, 4) is 5.75 Å². The maximum Gasteiger partial charge on any atom is 0.320 e. The molecule has 0 unspecified atom stereocenters. The van der Waals surface area contributed by atoms with Crippen molar-refractivity contribution in [2.75, 3.05) is 20.2 Å². The monoisotopic (exact) mass is 330 g/mol. The van der Waals surface area contributed by atoms with Gasteiger partial charge in [0.2, 0.25) is 0 Å². The molecule has 2 atom stereocenters. The van der Waals surface area contributed by atoms with Gasteiger partial charge in [-0.15, -0.1) is 0 Å². The second-order valence-electron chi connectivity index (χ2n) is 7.20. The number of likely N-dealkylation sites (tertiary alicyclic amines) is 2. The predicted octanol–water partition coefficient (Wildman–Crippen LogP) is 4.09. The number of benzene rings is 1. The molecule has 4 nitrogen and oxygen atoms in total. The number of ether oxygens (including phenoxy) is 1. The third kappa shape index (κ3) is 3.85. The van der Waals surface area contributed by atoms with E-state index < -0.39 is 0 Å². The highest BCUT2D eigenvalue weighted by Gasteiger charge is 2.36. The lowest BCUT2D eigenvalue weighted by atomic mass is 10.0. The van der Waals surface area contributed by atoms with E-state index in [1.807, 2.05) is 12.1 Å². The number of piperidine rings is 1. The molecule has 2 heterocycles. The normalized spacial score (nSPS) is 24.2. The van der Waals surface area contributed by atoms with Gasteiger partial charge >= 0.3 is 6.03 Å². The third-order valence-corrected chi connectivity index (χ3v) is 5.56. The standard InChI is InChI=1S/C20H30N2O2/c1-16-6-10-18(11-7-17-8-12-19(24-2)13-9-17)22(16)20(23)21-14-4-3-5-15-21/h8-9,12-13,16,18H,3-7,10-11,14-15H2,1-2H3/t16-,18-/m1/s1. The number of hydrogen-bond acceptors (Lipinski definition) is 2. The molecule has 0 aromatic heterocycles. The van der Waals surface area contributed by atoms with Gasteiger partial charge in [0.15, 0.2) is 0 Å². The van der Waals surface area contributed by atoms with Gasteiger partial charge in [0.05, 0.1) is 7.11 Å². The molecule has 2 aliphatic heterocycles. The molecule has 0 N–H and O–H groups in total. The lowest BCUT2D eigenvalue weighted by Crippen LogP contribution is -2.49. The molecule has 4 heteroatoms. The second kappa shape index (κ2) is 7.91. The van der Waals surface area contributed by atoms with Gasteiger partial charge in [-0.25, -0.2) is 4.79 Å². The van der Waals surface area contributed by atoms with Gasteiger partial charge in [0.1, 0.15) is 5.75 Å². The van der Waals surface area contributed by atoms with E-state index in [0.717, 1.165) is 57.4 Å². The number of methoxy groups -OCH3 is 1. The van der Waals surface area contributed by atoms with Crippen LogP contribution in [-0.4, -0.2) is 48.1 Å². The van der Waals surface area contributed by atoms with Crippen LogP contribution in [0, 0.1) is 0 Å². The van der Waals surface area contributed by atoms with Crippen molar-refractivity contribution in [1.29, 1.82) is 0 Å². The Morgan fingerprint density at radius 3 is 2.50 bits per heavy atom. The van der Waals surface area contributed by atoms with Crippen LogP contribution in [0.5, 0.6) is 5.75 Å². The van der Waals surface area contributed by atoms with Crippen LogP contribution in [0.25, 0.3) is 0 Å². The topological polar surface area (TPSA) is 32.8 Å². The van der Waals surface area contributed by atoms with Crippen LogP contribution < -0.4 is 4.74 Å². The zero-order valence-corrected chi connectivity index (χ0v) is 15.0. The summed E-state index contributed by atoms with van der Waals surface area (Å²) in [7, 11) is 1.69. The molecule has 0 bridgehead atoms. The molecule has 132 valence electrons. The molecule has 0 spiro atoms. The molecule has 2 aliphatic rings. The molecule has 0 saturated carbocycles. The predicted molar refractivity (Wildman–Crippen MR) is 96.5 cm³/mol. The molecule has 2 amide bonds. The smallest absolute Gasteiger partial charge is 0.320 e. The Balaban J connectivity index is 1.59. The van der Waals surface area contributed by atoms with Crippen LogP contribution in [0.1, 0.15) is 51.0 Å². The highest BCUT2D eigenvalue weighted by atomic mass is 16.5. The van der Waals surface area contributed by atoms with Crippen molar-refractivity contribution >= 4 is 6.03 Å². The molecule has 1 aromatic rings. The van der Waals surface area contributed by atoms with Crippen LogP contribution in [-0.2, 0) is 6.42 Å². The van der Waals surface area contributed by atoms with Crippen molar-refractivity contribution in [2.24, 2.45) is 0 Å². The summed E-state index contributed by atoms with van der Waals surface area (Å²) in [5.41, 5.74) is 1.32. The average Bonchev–Trinajstić information content (AvgIpc) is 3.01. The van der Waals surface area contributed by atoms with E-state index in [-0.39, 0.29) is 6.03 Å². The Labute approximate surface area is 145 Å². The van der Waals surface area contributed by atoms with Crippen LogP contribution >= 0.6 is 0 Å². The molecule has 2 saturated heterocycles. The number of carbonyl (C=O) groups excluding carboxylic acids is 1. The average molecular weight is 330 g/mol. The van der Waals surface area contributed by atoms with Gasteiger partial charge in [-0.2, -0.15) is 0 Å². The SMILES string of the molecule is COc1ccc(CC[C@H]2CC[C@@H](C)N2C(=O)N2CCCCC2)cc1. The zero-order valence-electron chi connectivity index (χ0n) is 15.0. The Morgan fingerprint density at radius 1 is 1.12 bits per heavy atom. The number of rotatable bonds is 4. The summed E-state index contributed by atoms with van der Waals surface area (Å²) in [4.78, 5) is 17.2. The van der Waals surface area contributed by atoms with E-state index in [1.54, 1.807) is 7.11 Å². The highest BCUT2D eigenvalue weighted by Crippen LogP contribution is 2.29. The maximum absolute atomic E-state index is 13.0. The fourth-order valence-corrected chi connectivity index (χ4v) is 4.07. The zero-order chi connectivity index (χ0) is 16.9. The minimum atomic E-state index is 0.277. The van der Waals surface area contributed by atoms with E-state index >= 15 is 0 Å². The molecule has 0 radical (unpaired) electrons. The third-order valence-electron chi connectivity index (χ3n) is 5.56. The Hall–Kier alpha value is -1.71.